The van der Waals surface area contributed by atoms with Crippen LogP contribution in [-0.4, -0.2) is 80.6 Å². The Morgan fingerprint density at radius 3 is 1.54 bits per heavy atom. The number of carboxylic acid groups (broad SMARTS) is 1. The van der Waals surface area contributed by atoms with Crippen molar-refractivity contribution in [3.05, 3.63) is 48.6 Å². The van der Waals surface area contributed by atoms with Gasteiger partial charge in [-0.15, -0.1) is 0 Å². The lowest BCUT2D eigenvalue weighted by molar-refractivity contribution is -0.887. The number of unbranched alkanes of at least 4 members (excludes halogenated alkanes) is 20. The average molecular weight is 803 g/mol. The van der Waals surface area contributed by atoms with E-state index in [2.05, 4.69) is 62.5 Å². The number of nitrogens with zero attached hydrogens (tertiary/aromatic N) is 1. The van der Waals surface area contributed by atoms with Gasteiger partial charge in [0.15, 0.2) is 12.1 Å². The average Bonchev–Trinajstić information content (AvgIpc) is 3.17. The monoisotopic (exact) mass is 803 g/mol. The van der Waals surface area contributed by atoms with E-state index in [1.807, 2.05) is 21.1 Å². The highest BCUT2D eigenvalue weighted by molar-refractivity contribution is 5.72. The van der Waals surface area contributed by atoms with Gasteiger partial charge in [0, 0.05) is 19.3 Å². The molecule has 0 fully saturated rings. The number of allylic oxidation sites excluding steroid dienone is 8. The molecule has 0 aliphatic carbocycles. The van der Waals surface area contributed by atoms with E-state index < -0.39 is 18.1 Å². The van der Waals surface area contributed by atoms with Crippen LogP contribution in [-0.2, 0) is 28.6 Å². The molecule has 0 heterocycles. The summed E-state index contributed by atoms with van der Waals surface area (Å²) in [7, 11) is 5.52. The number of esters is 2. The standard InChI is InChI=1S/C49H87NO7/c1-6-8-10-12-14-16-18-20-22-23-24-25-26-28-30-32-34-36-38-40-48(52)57-45(43-55-42-41-46(49(53)54)50(3,4)5)44-56-47(51)39-37-35-33-31-29-27-21-19-17-15-13-11-9-7-2/h9,11,14-18,20,45-46H,6-8,10,12-13,19,21-44H2,1-5H3/p+1/b11-9+,16-14+,17-15+,20-18+. The van der Waals surface area contributed by atoms with E-state index >= 15 is 0 Å². The van der Waals surface area contributed by atoms with Crippen LogP contribution < -0.4 is 0 Å². The first-order valence-corrected chi connectivity index (χ1v) is 23.2. The molecule has 2 atom stereocenters. The van der Waals surface area contributed by atoms with Crippen LogP contribution in [0.2, 0.25) is 0 Å². The zero-order chi connectivity index (χ0) is 42.1. The minimum Gasteiger partial charge on any atom is -0.477 e. The SMILES string of the molecule is CC/C=C/C/C=C/CCCCCCCCCC(=O)OCC(COCCC(C(=O)O)[N+](C)(C)C)OC(=O)CCCCCCCCCCCC/C=C/C=C/CCCCC. The second-order valence-electron chi connectivity index (χ2n) is 16.7. The second kappa shape index (κ2) is 40.1. The molecule has 1 N–H and O–H groups in total. The number of carbonyl (C=O) groups is 3. The van der Waals surface area contributed by atoms with E-state index in [9.17, 15) is 19.5 Å². The van der Waals surface area contributed by atoms with E-state index in [1.54, 1.807) is 0 Å². The molecule has 0 aliphatic rings. The fourth-order valence-electron chi connectivity index (χ4n) is 6.65. The maximum Gasteiger partial charge on any atom is 0.362 e. The van der Waals surface area contributed by atoms with Gasteiger partial charge in [0.25, 0.3) is 0 Å². The molecule has 0 rings (SSSR count). The van der Waals surface area contributed by atoms with Crippen molar-refractivity contribution in [2.45, 2.75) is 206 Å². The van der Waals surface area contributed by atoms with Crippen molar-refractivity contribution in [1.29, 1.82) is 0 Å². The molecule has 0 aliphatic heterocycles. The van der Waals surface area contributed by atoms with Crippen molar-refractivity contribution < 1.29 is 38.2 Å². The van der Waals surface area contributed by atoms with Crippen LogP contribution in [0.1, 0.15) is 194 Å². The van der Waals surface area contributed by atoms with E-state index in [4.69, 9.17) is 14.2 Å². The van der Waals surface area contributed by atoms with Gasteiger partial charge in [-0.2, -0.15) is 0 Å². The number of carbonyl (C=O) groups excluding carboxylic acids is 2. The summed E-state index contributed by atoms with van der Waals surface area (Å²) < 4.78 is 17.3. The van der Waals surface area contributed by atoms with Gasteiger partial charge in [-0.3, -0.25) is 9.59 Å². The summed E-state index contributed by atoms with van der Waals surface area (Å²) in [5, 5.41) is 9.63. The molecule has 0 saturated heterocycles. The third-order valence-corrected chi connectivity index (χ3v) is 10.2. The van der Waals surface area contributed by atoms with Gasteiger partial charge in [-0.25, -0.2) is 4.79 Å². The molecule has 330 valence electrons. The Hall–Kier alpha value is -2.71. The summed E-state index contributed by atoms with van der Waals surface area (Å²) in [6.07, 6.45) is 47.2. The topological polar surface area (TPSA) is 99.1 Å². The quantitative estimate of drug-likeness (QED) is 0.0216. The third kappa shape index (κ3) is 38.6. The number of carboxylic acids is 1. The van der Waals surface area contributed by atoms with Crippen molar-refractivity contribution in [1.82, 2.24) is 0 Å². The molecule has 0 spiro atoms. The smallest absolute Gasteiger partial charge is 0.362 e. The second-order valence-corrected chi connectivity index (χ2v) is 16.7. The van der Waals surface area contributed by atoms with Gasteiger partial charge in [0.2, 0.25) is 0 Å². The summed E-state index contributed by atoms with van der Waals surface area (Å²) in [5.74, 6) is -1.48. The highest BCUT2D eigenvalue weighted by Gasteiger charge is 2.31. The summed E-state index contributed by atoms with van der Waals surface area (Å²) in [6.45, 7) is 4.60. The molecule has 0 aromatic carbocycles. The van der Waals surface area contributed by atoms with Crippen LogP contribution in [0.3, 0.4) is 0 Å². The van der Waals surface area contributed by atoms with Crippen LogP contribution >= 0.6 is 0 Å². The number of rotatable bonds is 41. The molecule has 0 bridgehead atoms. The fourth-order valence-corrected chi connectivity index (χ4v) is 6.65. The van der Waals surface area contributed by atoms with E-state index in [0.717, 1.165) is 57.8 Å². The fraction of sp³-hybridized carbons (Fsp3) is 0.776. The highest BCUT2D eigenvalue weighted by Crippen LogP contribution is 2.15. The van der Waals surface area contributed by atoms with Crippen LogP contribution in [0.15, 0.2) is 48.6 Å². The molecule has 0 aromatic rings. The molecular formula is C49H88NO7+. The maximum absolute atomic E-state index is 12.7. The molecule has 8 heteroatoms. The van der Waals surface area contributed by atoms with Gasteiger partial charge < -0.3 is 23.8 Å². The van der Waals surface area contributed by atoms with Crippen molar-refractivity contribution in [2.24, 2.45) is 0 Å². The predicted octanol–water partition coefficient (Wildman–Crippen LogP) is 12.8. The van der Waals surface area contributed by atoms with Crippen molar-refractivity contribution >= 4 is 17.9 Å². The lowest BCUT2D eigenvalue weighted by Crippen LogP contribution is -2.50. The van der Waals surface area contributed by atoms with Gasteiger partial charge >= 0.3 is 17.9 Å². The number of hydrogen-bond donors (Lipinski definition) is 1. The molecule has 0 aromatic heterocycles. The molecule has 57 heavy (non-hydrogen) atoms. The minimum atomic E-state index is -0.877. The normalized spacial score (nSPS) is 13.4. The number of aliphatic carboxylic acids is 1. The van der Waals surface area contributed by atoms with Gasteiger partial charge in [-0.1, -0.05) is 159 Å². The Labute approximate surface area is 350 Å². The van der Waals surface area contributed by atoms with Gasteiger partial charge in [0.1, 0.15) is 6.61 Å². The molecular weight excluding hydrogens is 715 g/mol. The zero-order valence-corrected chi connectivity index (χ0v) is 37.5. The lowest BCUT2D eigenvalue weighted by atomic mass is 10.1. The van der Waals surface area contributed by atoms with Crippen LogP contribution in [0.4, 0.5) is 0 Å². The van der Waals surface area contributed by atoms with Gasteiger partial charge in [0.05, 0.1) is 34.4 Å². The Bertz CT molecular complexity index is 1070. The Morgan fingerprint density at radius 2 is 1.04 bits per heavy atom. The summed E-state index contributed by atoms with van der Waals surface area (Å²) in [4.78, 5) is 37.0. The van der Waals surface area contributed by atoms with Crippen LogP contribution in [0.5, 0.6) is 0 Å². The van der Waals surface area contributed by atoms with Crippen molar-refractivity contribution in [3.8, 4) is 0 Å². The molecule has 0 radical (unpaired) electrons. The molecule has 0 saturated carbocycles. The highest BCUT2D eigenvalue weighted by atomic mass is 16.6. The van der Waals surface area contributed by atoms with E-state index in [1.165, 1.54) is 103 Å². The number of ether oxygens (including phenoxy) is 3. The maximum atomic E-state index is 12.7. The van der Waals surface area contributed by atoms with Gasteiger partial charge in [-0.05, 0) is 64.2 Å². The first-order valence-electron chi connectivity index (χ1n) is 23.2. The lowest BCUT2D eigenvalue weighted by Gasteiger charge is -2.31. The Morgan fingerprint density at radius 1 is 0.561 bits per heavy atom. The third-order valence-electron chi connectivity index (χ3n) is 10.2. The van der Waals surface area contributed by atoms with Crippen LogP contribution in [0.25, 0.3) is 0 Å². The number of hydrogen-bond acceptors (Lipinski definition) is 6. The predicted molar refractivity (Wildman–Crippen MR) is 238 cm³/mol. The first kappa shape index (κ1) is 54.3. The summed E-state index contributed by atoms with van der Waals surface area (Å²) >= 11 is 0. The van der Waals surface area contributed by atoms with E-state index in [-0.39, 0.29) is 36.2 Å². The van der Waals surface area contributed by atoms with Crippen molar-refractivity contribution in [2.75, 3.05) is 41.0 Å². The number of likely N-dealkylation sites (N-methyl/N-ethyl adjacent to an activating group) is 1. The summed E-state index contributed by atoms with van der Waals surface area (Å²) in [6, 6.07) is -0.617. The van der Waals surface area contributed by atoms with Crippen molar-refractivity contribution in [3.63, 3.8) is 0 Å². The Balaban J connectivity index is 4.31. The molecule has 2 unspecified atom stereocenters. The van der Waals surface area contributed by atoms with E-state index in [0.29, 0.717) is 19.3 Å². The van der Waals surface area contributed by atoms with Crippen LogP contribution in [0, 0.1) is 0 Å². The summed E-state index contributed by atoms with van der Waals surface area (Å²) in [5.41, 5.74) is 0. The number of quaternary nitrogens is 1. The Kier molecular flexibility index (Phi) is 38.2. The minimum absolute atomic E-state index is 0.0567. The molecule has 8 nitrogen and oxygen atoms in total. The molecule has 0 amide bonds. The largest absolute Gasteiger partial charge is 0.477 e. The zero-order valence-electron chi connectivity index (χ0n) is 37.5. The first-order chi connectivity index (χ1) is 27.6.